The zero-order valence-corrected chi connectivity index (χ0v) is 8.64. The minimum atomic E-state index is 1.14. The Morgan fingerprint density at radius 3 is 2.58 bits per heavy atom. The summed E-state index contributed by atoms with van der Waals surface area (Å²) in [5.74, 6) is 0. The molecule has 0 amide bonds. The van der Waals surface area contributed by atoms with E-state index in [1.807, 2.05) is 0 Å². The van der Waals surface area contributed by atoms with Crippen LogP contribution in [0.1, 0.15) is 0 Å². The second kappa shape index (κ2) is 4.21. The molecule has 0 aromatic heterocycles. The van der Waals surface area contributed by atoms with Crippen LogP contribution in [0.25, 0.3) is 0 Å². The van der Waals surface area contributed by atoms with Crippen LogP contribution < -0.4 is 5.32 Å². The van der Waals surface area contributed by atoms with E-state index in [9.17, 15) is 0 Å². The number of likely N-dealkylation sites (N-methyl/N-ethyl adjacent to an activating group) is 2. The van der Waals surface area contributed by atoms with Crippen molar-refractivity contribution in [2.45, 2.75) is 0 Å². The Morgan fingerprint density at radius 1 is 1.08 bits per heavy atom. The molecule has 0 saturated carbocycles. The lowest BCUT2D eigenvalue weighted by atomic mass is 10.4. The van der Waals surface area contributed by atoms with Crippen molar-refractivity contribution >= 4 is 0 Å². The average molecular weight is 172 g/mol. The lowest BCUT2D eigenvalue weighted by Crippen LogP contribution is -2.46. The Kier molecular flexibility index (Phi) is 3.50. The predicted molar refractivity (Wildman–Crippen MR) is 52.2 cm³/mol. The van der Waals surface area contributed by atoms with Crippen molar-refractivity contribution in [3.63, 3.8) is 0 Å². The summed E-state index contributed by atoms with van der Waals surface area (Å²) in [6.07, 6.45) is 0. The van der Waals surface area contributed by atoms with Crippen molar-refractivity contribution in [3.05, 3.63) is 0 Å². The fourth-order valence-corrected chi connectivity index (χ4v) is 1.44. The normalized spacial score (nSPS) is 27.2. The summed E-state index contributed by atoms with van der Waals surface area (Å²) in [6, 6.07) is 0. The van der Waals surface area contributed by atoms with Gasteiger partial charge >= 0.3 is 0 Å². The first-order valence-corrected chi connectivity index (χ1v) is 4.81. The SMILES string of the molecule is CN1CCNCC[N+](C)(C)CC1. The van der Waals surface area contributed by atoms with Gasteiger partial charge in [0.25, 0.3) is 0 Å². The van der Waals surface area contributed by atoms with Crippen molar-refractivity contribution in [2.75, 3.05) is 60.4 Å². The van der Waals surface area contributed by atoms with Crippen molar-refractivity contribution in [2.24, 2.45) is 0 Å². The van der Waals surface area contributed by atoms with Gasteiger partial charge in [0, 0.05) is 26.2 Å². The molecule has 1 aliphatic heterocycles. The topological polar surface area (TPSA) is 15.3 Å². The molecule has 1 rings (SSSR count). The Bertz CT molecular complexity index is 134. The summed E-state index contributed by atoms with van der Waals surface area (Å²) in [7, 11) is 6.81. The van der Waals surface area contributed by atoms with E-state index in [0.29, 0.717) is 0 Å². The molecule has 0 atom stereocenters. The molecular formula is C9H22N3+. The summed E-state index contributed by atoms with van der Waals surface area (Å²) in [5, 5.41) is 3.46. The molecule has 0 radical (unpaired) electrons. The second-order valence-electron chi connectivity index (χ2n) is 4.44. The van der Waals surface area contributed by atoms with Crippen molar-refractivity contribution in [3.8, 4) is 0 Å². The van der Waals surface area contributed by atoms with Crippen molar-refractivity contribution in [1.82, 2.24) is 10.2 Å². The first-order valence-electron chi connectivity index (χ1n) is 4.81. The Balaban J connectivity index is 2.40. The van der Waals surface area contributed by atoms with Gasteiger partial charge in [-0.25, -0.2) is 0 Å². The highest BCUT2D eigenvalue weighted by molar-refractivity contribution is 4.57. The van der Waals surface area contributed by atoms with Gasteiger partial charge in [0.15, 0.2) is 0 Å². The van der Waals surface area contributed by atoms with E-state index in [1.165, 1.54) is 26.2 Å². The van der Waals surface area contributed by atoms with E-state index in [1.54, 1.807) is 0 Å². The number of hydrogen-bond acceptors (Lipinski definition) is 2. The monoisotopic (exact) mass is 172 g/mol. The second-order valence-corrected chi connectivity index (χ2v) is 4.44. The largest absolute Gasteiger partial charge is 0.326 e. The van der Waals surface area contributed by atoms with E-state index in [2.05, 4.69) is 31.4 Å². The molecule has 0 aliphatic carbocycles. The molecule has 1 heterocycles. The molecular weight excluding hydrogens is 150 g/mol. The molecule has 1 aliphatic rings. The van der Waals surface area contributed by atoms with Gasteiger partial charge in [-0.15, -0.1) is 0 Å². The minimum absolute atomic E-state index is 1.14. The Labute approximate surface area is 75.9 Å². The number of rotatable bonds is 0. The van der Waals surface area contributed by atoms with Crippen LogP contribution in [0.5, 0.6) is 0 Å². The van der Waals surface area contributed by atoms with Gasteiger partial charge in [-0.3, -0.25) is 4.90 Å². The van der Waals surface area contributed by atoms with Gasteiger partial charge in [-0.05, 0) is 7.05 Å². The molecule has 0 bridgehead atoms. The molecule has 3 nitrogen and oxygen atoms in total. The van der Waals surface area contributed by atoms with Gasteiger partial charge in [0.1, 0.15) is 0 Å². The zero-order valence-electron chi connectivity index (χ0n) is 8.64. The maximum atomic E-state index is 3.46. The van der Waals surface area contributed by atoms with E-state index >= 15 is 0 Å². The fraction of sp³-hybridized carbons (Fsp3) is 1.00. The van der Waals surface area contributed by atoms with E-state index < -0.39 is 0 Å². The lowest BCUT2D eigenvalue weighted by Gasteiger charge is -2.30. The van der Waals surface area contributed by atoms with E-state index in [0.717, 1.165) is 17.6 Å². The van der Waals surface area contributed by atoms with Crippen LogP contribution in [0.3, 0.4) is 0 Å². The summed E-state index contributed by atoms with van der Waals surface area (Å²) in [5.41, 5.74) is 0. The third-order valence-corrected chi connectivity index (χ3v) is 2.65. The summed E-state index contributed by atoms with van der Waals surface area (Å²) in [4.78, 5) is 2.40. The quantitative estimate of drug-likeness (QED) is 0.500. The molecule has 1 fully saturated rings. The van der Waals surface area contributed by atoms with Crippen LogP contribution in [0.4, 0.5) is 0 Å². The van der Waals surface area contributed by atoms with Crippen LogP contribution in [0.2, 0.25) is 0 Å². The van der Waals surface area contributed by atoms with Crippen molar-refractivity contribution < 1.29 is 4.48 Å². The Morgan fingerprint density at radius 2 is 1.83 bits per heavy atom. The molecule has 72 valence electrons. The molecule has 0 spiro atoms. The smallest absolute Gasteiger partial charge is 0.0912 e. The highest BCUT2D eigenvalue weighted by Crippen LogP contribution is 1.97. The standard InChI is InChI=1S/C9H22N3/c1-11-6-4-10-5-8-12(2,3)9-7-11/h10H,4-9H2,1-3H3/q+1. The minimum Gasteiger partial charge on any atom is -0.326 e. The third kappa shape index (κ3) is 3.52. The molecule has 0 aromatic rings. The molecule has 1 N–H and O–H groups in total. The molecule has 3 heteroatoms. The fourth-order valence-electron chi connectivity index (χ4n) is 1.44. The highest BCUT2D eigenvalue weighted by atomic mass is 15.3. The van der Waals surface area contributed by atoms with Crippen LogP contribution in [0.15, 0.2) is 0 Å². The van der Waals surface area contributed by atoms with Gasteiger partial charge in [-0.2, -0.15) is 0 Å². The highest BCUT2D eigenvalue weighted by Gasteiger charge is 2.16. The summed E-state index contributed by atoms with van der Waals surface area (Å²) < 4.78 is 1.14. The van der Waals surface area contributed by atoms with Crippen molar-refractivity contribution in [1.29, 1.82) is 0 Å². The van der Waals surface area contributed by atoms with Gasteiger partial charge in [0.05, 0.1) is 27.2 Å². The first kappa shape index (κ1) is 9.96. The number of nitrogens with zero attached hydrogens (tertiary/aromatic N) is 2. The van der Waals surface area contributed by atoms with Gasteiger partial charge in [0.2, 0.25) is 0 Å². The van der Waals surface area contributed by atoms with Crippen LogP contribution in [0, 0.1) is 0 Å². The Hall–Kier alpha value is -0.120. The maximum absolute atomic E-state index is 3.46. The molecule has 1 saturated heterocycles. The van der Waals surface area contributed by atoms with Crippen LogP contribution >= 0.6 is 0 Å². The summed E-state index contributed by atoms with van der Waals surface area (Å²) >= 11 is 0. The average Bonchev–Trinajstić information content (AvgIpc) is 2.05. The molecule has 0 unspecified atom stereocenters. The molecule has 0 aromatic carbocycles. The zero-order chi connectivity index (χ0) is 9.03. The van der Waals surface area contributed by atoms with Crippen LogP contribution in [-0.2, 0) is 0 Å². The summed E-state index contributed by atoms with van der Waals surface area (Å²) in [6.45, 7) is 7.19. The lowest BCUT2D eigenvalue weighted by molar-refractivity contribution is -0.888. The van der Waals surface area contributed by atoms with Gasteiger partial charge < -0.3 is 9.80 Å². The maximum Gasteiger partial charge on any atom is 0.0912 e. The third-order valence-electron chi connectivity index (χ3n) is 2.65. The van der Waals surface area contributed by atoms with Crippen LogP contribution in [-0.4, -0.2) is 69.8 Å². The van der Waals surface area contributed by atoms with Gasteiger partial charge in [-0.1, -0.05) is 0 Å². The number of quaternary nitrogens is 1. The first-order chi connectivity index (χ1) is 5.60. The van der Waals surface area contributed by atoms with E-state index in [4.69, 9.17) is 0 Å². The van der Waals surface area contributed by atoms with E-state index in [-0.39, 0.29) is 0 Å². The number of nitrogens with one attached hydrogen (secondary N) is 1. The number of hydrogen-bond donors (Lipinski definition) is 1. The molecule has 12 heavy (non-hydrogen) atoms. The predicted octanol–water partition coefficient (Wildman–Crippen LogP) is -0.402.